The number of hydrogen-bond acceptors (Lipinski definition) is 5. The van der Waals surface area contributed by atoms with E-state index < -0.39 is 0 Å². The van der Waals surface area contributed by atoms with Crippen LogP contribution in [0.5, 0.6) is 0 Å². The fourth-order valence-electron chi connectivity index (χ4n) is 2.67. The number of para-hydroxylation sites is 1. The Morgan fingerprint density at radius 3 is 2.90 bits per heavy atom. The minimum absolute atomic E-state index is 0.172. The smallest absolute Gasteiger partial charge is 0.236 e. The lowest BCUT2D eigenvalue weighted by Gasteiger charge is -2.19. The molecule has 0 spiro atoms. The maximum absolute atomic E-state index is 12.1. The normalized spacial score (nSPS) is 15.2. The Kier molecular flexibility index (Phi) is 3.79. The molecule has 1 aliphatic heterocycles. The van der Waals surface area contributed by atoms with Crippen LogP contribution in [-0.2, 0) is 11.3 Å². The van der Waals surface area contributed by atoms with Gasteiger partial charge in [-0.2, -0.15) is 0 Å². The summed E-state index contributed by atoms with van der Waals surface area (Å²) in [5, 5.41) is 0. The third-order valence-electron chi connectivity index (χ3n) is 3.76. The van der Waals surface area contributed by atoms with Crippen LogP contribution in [0.25, 0.3) is 11.1 Å². The molecule has 0 radical (unpaired) electrons. The van der Waals surface area contributed by atoms with E-state index in [0.717, 1.165) is 25.9 Å². The van der Waals surface area contributed by atoms with E-state index in [4.69, 9.17) is 10.2 Å². The summed E-state index contributed by atoms with van der Waals surface area (Å²) < 4.78 is 5.67. The van der Waals surface area contributed by atoms with E-state index in [1.54, 1.807) is 6.07 Å². The summed E-state index contributed by atoms with van der Waals surface area (Å²) in [6, 6.07) is 5.49. The van der Waals surface area contributed by atoms with Crippen LogP contribution in [0.3, 0.4) is 0 Å². The Morgan fingerprint density at radius 2 is 2.19 bits per heavy atom. The van der Waals surface area contributed by atoms with E-state index in [-0.39, 0.29) is 5.91 Å². The van der Waals surface area contributed by atoms with E-state index in [1.165, 1.54) is 0 Å². The molecule has 2 aromatic rings. The minimum atomic E-state index is 0.172. The monoisotopic (exact) mass is 288 g/mol. The highest BCUT2D eigenvalue weighted by molar-refractivity contribution is 5.85. The molecule has 0 saturated carbocycles. The molecule has 0 bridgehead atoms. The van der Waals surface area contributed by atoms with Crippen molar-refractivity contribution in [1.29, 1.82) is 0 Å². The second-order valence-corrected chi connectivity index (χ2v) is 5.56. The van der Waals surface area contributed by atoms with E-state index in [0.29, 0.717) is 35.8 Å². The molecule has 21 heavy (non-hydrogen) atoms. The van der Waals surface area contributed by atoms with Crippen molar-refractivity contribution in [2.75, 3.05) is 32.4 Å². The van der Waals surface area contributed by atoms with Gasteiger partial charge in [-0.25, -0.2) is 4.98 Å². The van der Waals surface area contributed by atoms with Gasteiger partial charge >= 0.3 is 0 Å². The van der Waals surface area contributed by atoms with Crippen LogP contribution in [0.15, 0.2) is 22.6 Å². The average Bonchev–Trinajstić information content (AvgIpc) is 3.07. The van der Waals surface area contributed by atoms with Crippen molar-refractivity contribution >= 4 is 22.7 Å². The summed E-state index contributed by atoms with van der Waals surface area (Å²) in [6.45, 7) is 2.64. The molecule has 1 aromatic heterocycles. The van der Waals surface area contributed by atoms with Gasteiger partial charge in [0.2, 0.25) is 11.8 Å². The Balaban J connectivity index is 1.64. The molecule has 0 aliphatic carbocycles. The molecule has 3 rings (SSSR count). The SMILES string of the molecule is CN(CC(=O)N1CCCC1)Cc1nc2c(N)cccc2o1. The first-order chi connectivity index (χ1) is 10.1. The molecule has 1 aliphatic rings. The fourth-order valence-corrected chi connectivity index (χ4v) is 2.67. The molecule has 6 heteroatoms. The summed E-state index contributed by atoms with van der Waals surface area (Å²) in [5.74, 6) is 0.755. The lowest BCUT2D eigenvalue weighted by atomic mass is 10.3. The van der Waals surface area contributed by atoms with E-state index in [9.17, 15) is 4.79 Å². The number of fused-ring (bicyclic) bond motifs is 1. The third-order valence-corrected chi connectivity index (χ3v) is 3.76. The number of aromatic nitrogens is 1. The number of anilines is 1. The van der Waals surface area contributed by atoms with Crippen molar-refractivity contribution in [3.8, 4) is 0 Å². The highest BCUT2D eigenvalue weighted by atomic mass is 16.3. The summed E-state index contributed by atoms with van der Waals surface area (Å²) >= 11 is 0. The van der Waals surface area contributed by atoms with Crippen LogP contribution in [0.1, 0.15) is 18.7 Å². The minimum Gasteiger partial charge on any atom is -0.439 e. The molecule has 1 saturated heterocycles. The van der Waals surface area contributed by atoms with Crippen LogP contribution in [-0.4, -0.2) is 47.4 Å². The largest absolute Gasteiger partial charge is 0.439 e. The van der Waals surface area contributed by atoms with Crippen LogP contribution in [0.4, 0.5) is 5.69 Å². The second-order valence-electron chi connectivity index (χ2n) is 5.56. The maximum atomic E-state index is 12.1. The summed E-state index contributed by atoms with van der Waals surface area (Å²) in [6.07, 6.45) is 2.22. The van der Waals surface area contributed by atoms with Gasteiger partial charge in [-0.3, -0.25) is 9.69 Å². The number of rotatable bonds is 4. The number of hydrogen-bond donors (Lipinski definition) is 1. The molecular weight excluding hydrogens is 268 g/mol. The number of likely N-dealkylation sites (N-methyl/N-ethyl adjacent to an activating group) is 1. The van der Waals surface area contributed by atoms with Crippen LogP contribution < -0.4 is 5.73 Å². The number of nitrogens with zero attached hydrogens (tertiary/aromatic N) is 3. The number of carbonyl (C=O) groups is 1. The molecule has 112 valence electrons. The molecule has 1 aromatic carbocycles. The second kappa shape index (κ2) is 5.73. The van der Waals surface area contributed by atoms with Crippen molar-refractivity contribution in [3.63, 3.8) is 0 Å². The van der Waals surface area contributed by atoms with Crippen LogP contribution >= 0.6 is 0 Å². The number of carbonyl (C=O) groups excluding carboxylic acids is 1. The first-order valence-corrected chi connectivity index (χ1v) is 7.24. The molecule has 1 fully saturated rings. The maximum Gasteiger partial charge on any atom is 0.236 e. The zero-order valence-electron chi connectivity index (χ0n) is 12.2. The number of amides is 1. The molecule has 6 nitrogen and oxygen atoms in total. The van der Waals surface area contributed by atoms with Gasteiger partial charge < -0.3 is 15.1 Å². The molecule has 2 heterocycles. The number of benzene rings is 1. The highest BCUT2D eigenvalue weighted by Crippen LogP contribution is 2.21. The number of nitrogen functional groups attached to an aromatic ring is 1. The van der Waals surface area contributed by atoms with Crippen molar-refractivity contribution < 1.29 is 9.21 Å². The standard InChI is InChI=1S/C15H20N4O2/c1-18(10-14(20)19-7-2-3-8-19)9-13-17-15-11(16)5-4-6-12(15)21-13/h4-6H,2-3,7-10,16H2,1H3. The van der Waals surface area contributed by atoms with Gasteiger partial charge in [-0.15, -0.1) is 0 Å². The zero-order chi connectivity index (χ0) is 14.8. The summed E-state index contributed by atoms with van der Waals surface area (Å²) in [4.78, 5) is 20.3. The predicted octanol–water partition coefficient (Wildman–Crippen LogP) is 1.46. The zero-order valence-corrected chi connectivity index (χ0v) is 12.2. The lowest BCUT2D eigenvalue weighted by Crippen LogP contribution is -2.37. The Bertz CT molecular complexity index is 646. The van der Waals surface area contributed by atoms with Gasteiger partial charge in [0, 0.05) is 13.1 Å². The first-order valence-electron chi connectivity index (χ1n) is 7.24. The molecule has 2 N–H and O–H groups in total. The number of nitrogens with two attached hydrogens (primary N) is 1. The van der Waals surface area contributed by atoms with Gasteiger partial charge in [0.1, 0.15) is 5.52 Å². The average molecular weight is 288 g/mol. The lowest BCUT2D eigenvalue weighted by molar-refractivity contribution is -0.131. The van der Waals surface area contributed by atoms with Gasteiger partial charge in [-0.1, -0.05) is 6.07 Å². The van der Waals surface area contributed by atoms with E-state index in [1.807, 2.05) is 29.0 Å². The van der Waals surface area contributed by atoms with Gasteiger partial charge in [-0.05, 0) is 32.0 Å². The van der Waals surface area contributed by atoms with Gasteiger partial charge in [0.15, 0.2) is 5.58 Å². The molecule has 0 unspecified atom stereocenters. The van der Waals surface area contributed by atoms with Crippen molar-refractivity contribution in [2.24, 2.45) is 0 Å². The summed E-state index contributed by atoms with van der Waals surface area (Å²) in [7, 11) is 1.90. The van der Waals surface area contributed by atoms with Crippen molar-refractivity contribution in [3.05, 3.63) is 24.1 Å². The summed E-state index contributed by atoms with van der Waals surface area (Å²) in [5.41, 5.74) is 7.85. The number of oxazole rings is 1. The molecule has 0 atom stereocenters. The number of likely N-dealkylation sites (tertiary alicyclic amines) is 1. The van der Waals surface area contributed by atoms with Crippen LogP contribution in [0.2, 0.25) is 0 Å². The van der Waals surface area contributed by atoms with E-state index >= 15 is 0 Å². The van der Waals surface area contributed by atoms with Gasteiger partial charge in [0.25, 0.3) is 0 Å². The van der Waals surface area contributed by atoms with Crippen molar-refractivity contribution in [1.82, 2.24) is 14.8 Å². The Morgan fingerprint density at radius 1 is 1.43 bits per heavy atom. The Hall–Kier alpha value is -2.08. The topological polar surface area (TPSA) is 75.6 Å². The van der Waals surface area contributed by atoms with Crippen molar-refractivity contribution in [2.45, 2.75) is 19.4 Å². The quantitative estimate of drug-likeness (QED) is 0.862. The predicted molar refractivity (Wildman–Crippen MR) is 80.6 cm³/mol. The van der Waals surface area contributed by atoms with Gasteiger partial charge in [0.05, 0.1) is 18.8 Å². The van der Waals surface area contributed by atoms with E-state index in [2.05, 4.69) is 4.98 Å². The fraction of sp³-hybridized carbons (Fsp3) is 0.467. The van der Waals surface area contributed by atoms with Crippen LogP contribution in [0, 0.1) is 0 Å². The molecule has 1 amide bonds. The molecular formula is C15H20N4O2. The Labute approximate surface area is 123 Å². The highest BCUT2D eigenvalue weighted by Gasteiger charge is 2.20. The first kappa shape index (κ1) is 13.9. The third kappa shape index (κ3) is 3.00.